The van der Waals surface area contributed by atoms with Gasteiger partial charge in [-0.25, -0.2) is 4.98 Å². The molecule has 0 radical (unpaired) electrons. The van der Waals surface area contributed by atoms with Crippen molar-refractivity contribution in [3.05, 3.63) is 164 Å². The Hall–Kier alpha value is -5.50. The molecular formula is C41H27N2OP. The fourth-order valence-corrected chi connectivity index (χ4v) is 9.50. The molecule has 0 spiro atoms. The van der Waals surface area contributed by atoms with Gasteiger partial charge in [0.25, 0.3) is 0 Å². The molecule has 0 bridgehead atoms. The molecule has 2 heterocycles. The Kier molecular flexibility index (Phi) is 5.78. The lowest BCUT2D eigenvalue weighted by atomic mass is 10.0. The molecule has 0 aliphatic rings. The van der Waals surface area contributed by atoms with Gasteiger partial charge in [-0.15, -0.1) is 0 Å². The summed E-state index contributed by atoms with van der Waals surface area (Å²) < 4.78 is 17.2. The topological polar surface area (TPSA) is 34.4 Å². The van der Waals surface area contributed by atoms with Crippen LogP contribution in [0.4, 0.5) is 0 Å². The Balaban J connectivity index is 1.19. The maximum absolute atomic E-state index is 14.9. The number of hydrogen-bond donors (Lipinski definition) is 0. The van der Waals surface area contributed by atoms with Crippen molar-refractivity contribution in [2.75, 3.05) is 0 Å². The zero-order valence-electron chi connectivity index (χ0n) is 24.3. The maximum atomic E-state index is 14.9. The summed E-state index contributed by atoms with van der Waals surface area (Å²) in [6, 6.07) is 56.1. The monoisotopic (exact) mass is 594 g/mol. The minimum atomic E-state index is -3.04. The second-order valence-electron chi connectivity index (χ2n) is 11.6. The number of imidazole rings is 1. The summed E-state index contributed by atoms with van der Waals surface area (Å²) >= 11 is 0. The van der Waals surface area contributed by atoms with Gasteiger partial charge in [0.05, 0.1) is 16.6 Å². The van der Waals surface area contributed by atoms with Crippen LogP contribution in [-0.2, 0) is 4.57 Å². The molecule has 0 N–H and O–H groups in total. The van der Waals surface area contributed by atoms with Gasteiger partial charge in [0.1, 0.15) is 5.65 Å². The van der Waals surface area contributed by atoms with Gasteiger partial charge in [-0.2, -0.15) is 0 Å². The quantitative estimate of drug-likeness (QED) is 0.150. The lowest BCUT2D eigenvalue weighted by Crippen LogP contribution is -2.24. The lowest BCUT2D eigenvalue weighted by Gasteiger charge is -2.20. The molecule has 0 aliphatic carbocycles. The molecule has 0 atom stereocenters. The number of pyridine rings is 1. The summed E-state index contributed by atoms with van der Waals surface area (Å²) in [5.74, 6) is 0. The Bertz CT molecular complexity index is 2580. The first-order valence-corrected chi connectivity index (χ1v) is 16.9. The van der Waals surface area contributed by atoms with E-state index < -0.39 is 7.14 Å². The van der Waals surface area contributed by atoms with Crippen LogP contribution in [0.2, 0.25) is 0 Å². The van der Waals surface area contributed by atoms with E-state index >= 15 is 0 Å². The molecule has 7 aromatic carbocycles. The van der Waals surface area contributed by atoms with Crippen molar-refractivity contribution in [2.24, 2.45) is 0 Å². The summed E-state index contributed by atoms with van der Waals surface area (Å²) in [6.07, 6.45) is 0. The number of rotatable bonds is 4. The number of aromatic nitrogens is 2. The average molecular weight is 595 g/mol. The normalized spacial score (nSPS) is 12.1. The summed E-state index contributed by atoms with van der Waals surface area (Å²) in [5, 5.41) is 8.28. The summed E-state index contributed by atoms with van der Waals surface area (Å²) in [5.41, 5.74) is 6.45. The van der Waals surface area contributed by atoms with Gasteiger partial charge in [-0.1, -0.05) is 133 Å². The highest BCUT2D eigenvalue weighted by Crippen LogP contribution is 2.43. The largest absolute Gasteiger partial charge is 0.309 e. The highest BCUT2D eigenvalue weighted by atomic mass is 31.2. The predicted octanol–water partition coefficient (Wildman–Crippen LogP) is 9.25. The van der Waals surface area contributed by atoms with Crippen LogP contribution in [0.3, 0.4) is 0 Å². The van der Waals surface area contributed by atoms with Gasteiger partial charge >= 0.3 is 0 Å². The van der Waals surface area contributed by atoms with Gasteiger partial charge in [0, 0.05) is 26.7 Å². The minimum absolute atomic E-state index is 0.839. The Morgan fingerprint density at radius 1 is 0.444 bits per heavy atom. The van der Waals surface area contributed by atoms with Crippen LogP contribution in [0, 0.1) is 0 Å². The molecule has 0 saturated carbocycles. The van der Waals surface area contributed by atoms with Crippen LogP contribution < -0.4 is 15.9 Å². The molecular weight excluding hydrogens is 567 g/mol. The Morgan fingerprint density at radius 2 is 1.02 bits per heavy atom. The van der Waals surface area contributed by atoms with Crippen molar-refractivity contribution in [1.29, 1.82) is 0 Å². The van der Waals surface area contributed by atoms with E-state index in [1.165, 1.54) is 10.8 Å². The van der Waals surface area contributed by atoms with Crippen LogP contribution in [-0.4, -0.2) is 9.38 Å². The first-order valence-electron chi connectivity index (χ1n) is 15.2. The highest BCUT2D eigenvalue weighted by Gasteiger charge is 2.29. The predicted molar refractivity (Wildman–Crippen MR) is 190 cm³/mol. The van der Waals surface area contributed by atoms with Gasteiger partial charge in [0.2, 0.25) is 0 Å². The van der Waals surface area contributed by atoms with E-state index in [2.05, 4.69) is 101 Å². The molecule has 0 amide bonds. The lowest BCUT2D eigenvalue weighted by molar-refractivity contribution is 0.592. The van der Waals surface area contributed by atoms with Crippen molar-refractivity contribution >= 4 is 72.2 Å². The van der Waals surface area contributed by atoms with E-state index in [4.69, 9.17) is 4.98 Å². The second kappa shape index (κ2) is 10.0. The number of para-hydroxylation sites is 1. The van der Waals surface area contributed by atoms with Crippen molar-refractivity contribution < 1.29 is 4.57 Å². The van der Waals surface area contributed by atoms with E-state index in [0.29, 0.717) is 0 Å². The van der Waals surface area contributed by atoms with Gasteiger partial charge in [-0.05, 0) is 57.6 Å². The fraction of sp³-hybridized carbons (Fsp3) is 0. The standard InChI is InChI=1S/C41H27N2OP/c44-45(32-11-3-1-4-12-32,33-13-5-2-6-14-33)34-23-21-29-25-28(19-20-30(29)26-34)31-22-24-38-40(27-31)43-39-18-10-9-16-36(39)35-15-7-8-17-37(35)41(43)42-38/h1-27H. The van der Waals surface area contributed by atoms with Crippen LogP contribution in [0.15, 0.2) is 164 Å². The van der Waals surface area contributed by atoms with Gasteiger partial charge in [-0.3, -0.25) is 4.40 Å². The highest BCUT2D eigenvalue weighted by molar-refractivity contribution is 7.85. The van der Waals surface area contributed by atoms with Crippen LogP contribution in [0.25, 0.3) is 60.3 Å². The molecule has 9 rings (SSSR count). The van der Waals surface area contributed by atoms with Crippen molar-refractivity contribution in [3.63, 3.8) is 0 Å². The van der Waals surface area contributed by atoms with Crippen LogP contribution in [0.1, 0.15) is 0 Å². The van der Waals surface area contributed by atoms with E-state index in [1.54, 1.807) is 0 Å². The van der Waals surface area contributed by atoms with Gasteiger partial charge in [0.15, 0.2) is 7.14 Å². The summed E-state index contributed by atoms with van der Waals surface area (Å²) in [4.78, 5) is 5.10. The average Bonchev–Trinajstić information content (AvgIpc) is 3.51. The third-order valence-electron chi connectivity index (χ3n) is 9.02. The smallest absolute Gasteiger partial charge is 0.171 e. The zero-order valence-corrected chi connectivity index (χ0v) is 25.2. The second-order valence-corrected chi connectivity index (χ2v) is 14.3. The van der Waals surface area contributed by atoms with Crippen LogP contribution >= 0.6 is 7.14 Å². The molecule has 9 aromatic rings. The van der Waals surface area contributed by atoms with E-state index in [1.807, 2.05) is 66.7 Å². The van der Waals surface area contributed by atoms with E-state index in [0.717, 1.165) is 65.4 Å². The summed E-state index contributed by atoms with van der Waals surface area (Å²) in [6.45, 7) is 0. The number of fused-ring (bicyclic) bond motifs is 9. The molecule has 2 aromatic heterocycles. The third-order valence-corrected chi connectivity index (χ3v) is 12.1. The minimum Gasteiger partial charge on any atom is -0.309 e. The zero-order chi connectivity index (χ0) is 30.0. The van der Waals surface area contributed by atoms with Crippen molar-refractivity contribution in [3.8, 4) is 11.1 Å². The van der Waals surface area contributed by atoms with E-state index in [-0.39, 0.29) is 0 Å². The first kappa shape index (κ1) is 25.9. The first-order chi connectivity index (χ1) is 22.2. The van der Waals surface area contributed by atoms with Crippen molar-refractivity contribution in [2.45, 2.75) is 0 Å². The molecule has 45 heavy (non-hydrogen) atoms. The number of nitrogens with zero attached hydrogens (tertiary/aromatic N) is 2. The Labute approximate surface area is 260 Å². The SMILES string of the molecule is O=P(c1ccccc1)(c1ccccc1)c1ccc2cc(-c3ccc4nc5c6ccccc6c6ccccc6n5c4c3)ccc2c1. The molecule has 212 valence electrons. The van der Waals surface area contributed by atoms with Crippen molar-refractivity contribution in [1.82, 2.24) is 9.38 Å². The molecule has 0 fully saturated rings. The maximum Gasteiger partial charge on any atom is 0.171 e. The number of hydrogen-bond acceptors (Lipinski definition) is 2. The molecule has 0 saturated heterocycles. The van der Waals surface area contributed by atoms with E-state index in [9.17, 15) is 4.57 Å². The molecule has 4 heteroatoms. The molecule has 0 aliphatic heterocycles. The van der Waals surface area contributed by atoms with Gasteiger partial charge < -0.3 is 4.57 Å². The molecule has 0 unspecified atom stereocenters. The molecule has 3 nitrogen and oxygen atoms in total. The Morgan fingerprint density at radius 3 is 1.78 bits per heavy atom. The third kappa shape index (κ3) is 3.98. The summed E-state index contributed by atoms with van der Waals surface area (Å²) in [7, 11) is -3.04. The number of benzene rings is 7. The van der Waals surface area contributed by atoms with Crippen LogP contribution in [0.5, 0.6) is 0 Å². The fourth-order valence-electron chi connectivity index (χ4n) is 6.82.